The molecule has 0 radical (unpaired) electrons. The summed E-state index contributed by atoms with van der Waals surface area (Å²) >= 11 is 0. The van der Waals surface area contributed by atoms with Crippen LogP contribution < -0.4 is 5.32 Å². The first-order valence-electron chi connectivity index (χ1n) is 7.10. The van der Waals surface area contributed by atoms with Gasteiger partial charge < -0.3 is 30.1 Å². The number of aliphatic carboxylic acids is 2. The molecule has 1 aromatic rings. The van der Waals surface area contributed by atoms with Crippen LogP contribution in [0.4, 0.5) is 0 Å². The second-order valence-electron chi connectivity index (χ2n) is 4.77. The van der Waals surface area contributed by atoms with Crippen molar-refractivity contribution in [3.8, 4) is 0 Å². The number of ether oxygens (including phenoxy) is 2. The first kappa shape index (κ1) is 19.0. The molecule has 1 unspecified atom stereocenters. The molecule has 23 heavy (non-hydrogen) atoms. The molecule has 2 atom stereocenters. The van der Waals surface area contributed by atoms with E-state index in [1.54, 1.807) is 0 Å². The van der Waals surface area contributed by atoms with Gasteiger partial charge in [0.15, 0.2) is 0 Å². The zero-order chi connectivity index (χ0) is 17.1. The van der Waals surface area contributed by atoms with Gasteiger partial charge in [0.05, 0.1) is 25.9 Å². The van der Waals surface area contributed by atoms with Gasteiger partial charge >= 0.3 is 11.9 Å². The Balaban J connectivity index is 0.000000379. The summed E-state index contributed by atoms with van der Waals surface area (Å²) in [5, 5.41) is 27.9. The van der Waals surface area contributed by atoms with E-state index in [1.165, 1.54) is 0 Å². The Labute approximate surface area is 133 Å². The van der Waals surface area contributed by atoms with Crippen LogP contribution in [-0.4, -0.2) is 66.3 Å². The minimum Gasteiger partial charge on any atom is -0.473 e. The van der Waals surface area contributed by atoms with Crippen LogP contribution in [0.2, 0.25) is 0 Å². The zero-order valence-corrected chi connectivity index (χ0v) is 12.6. The topological polar surface area (TPSA) is 125 Å². The molecule has 1 aliphatic heterocycles. The molecule has 1 aromatic carbocycles. The molecule has 0 saturated carbocycles. The average Bonchev–Trinajstić information content (AvgIpc) is 2.57. The summed E-state index contributed by atoms with van der Waals surface area (Å²) in [4.78, 5) is 18.2. The number of carboxylic acid groups (broad SMARTS) is 2. The van der Waals surface area contributed by atoms with E-state index in [0.29, 0.717) is 13.2 Å². The molecule has 128 valence electrons. The third kappa shape index (κ3) is 8.27. The highest BCUT2D eigenvalue weighted by Gasteiger charge is 2.14. The zero-order valence-electron chi connectivity index (χ0n) is 12.6. The Bertz CT molecular complexity index is 462. The SMILES string of the molecule is O=C(O)C(=O)O.O[C@H](COCC1CNCCO1)c1ccccc1. The number of benzene rings is 1. The number of morpholine rings is 1. The Morgan fingerprint density at radius 1 is 1.26 bits per heavy atom. The summed E-state index contributed by atoms with van der Waals surface area (Å²) in [6.07, 6.45) is -0.459. The normalized spacial score (nSPS) is 18.4. The highest BCUT2D eigenvalue weighted by molar-refractivity contribution is 6.27. The van der Waals surface area contributed by atoms with Crippen molar-refractivity contribution in [2.24, 2.45) is 0 Å². The van der Waals surface area contributed by atoms with Crippen LogP contribution in [0, 0.1) is 0 Å². The predicted molar refractivity (Wildman–Crippen MR) is 80.1 cm³/mol. The lowest BCUT2D eigenvalue weighted by Gasteiger charge is -2.23. The van der Waals surface area contributed by atoms with Gasteiger partial charge in [-0.2, -0.15) is 0 Å². The number of carboxylic acids is 2. The van der Waals surface area contributed by atoms with Crippen LogP contribution in [0.15, 0.2) is 30.3 Å². The van der Waals surface area contributed by atoms with Gasteiger partial charge in [-0.3, -0.25) is 0 Å². The van der Waals surface area contributed by atoms with Crippen molar-refractivity contribution in [3.05, 3.63) is 35.9 Å². The molecule has 4 N–H and O–H groups in total. The lowest BCUT2D eigenvalue weighted by molar-refractivity contribution is -0.159. The van der Waals surface area contributed by atoms with Crippen molar-refractivity contribution in [2.45, 2.75) is 12.2 Å². The maximum absolute atomic E-state index is 9.87. The maximum atomic E-state index is 9.87. The van der Waals surface area contributed by atoms with E-state index in [2.05, 4.69) is 5.32 Å². The molecule has 8 heteroatoms. The number of hydrogen-bond donors (Lipinski definition) is 4. The third-order valence-electron chi connectivity index (χ3n) is 2.95. The average molecular weight is 327 g/mol. The van der Waals surface area contributed by atoms with E-state index in [1.807, 2.05) is 30.3 Å². The van der Waals surface area contributed by atoms with Gasteiger partial charge in [-0.05, 0) is 5.56 Å². The lowest BCUT2D eigenvalue weighted by Crippen LogP contribution is -2.41. The summed E-state index contributed by atoms with van der Waals surface area (Å²) in [6, 6.07) is 9.54. The van der Waals surface area contributed by atoms with Crippen molar-refractivity contribution < 1.29 is 34.4 Å². The van der Waals surface area contributed by atoms with Crippen molar-refractivity contribution >= 4 is 11.9 Å². The van der Waals surface area contributed by atoms with E-state index in [4.69, 9.17) is 29.3 Å². The number of nitrogens with one attached hydrogen (secondary N) is 1. The largest absolute Gasteiger partial charge is 0.473 e. The molecule has 1 fully saturated rings. The van der Waals surface area contributed by atoms with Crippen LogP contribution in [0.5, 0.6) is 0 Å². The number of hydrogen-bond acceptors (Lipinski definition) is 6. The van der Waals surface area contributed by atoms with Gasteiger partial charge in [-0.15, -0.1) is 0 Å². The Morgan fingerprint density at radius 3 is 2.43 bits per heavy atom. The maximum Gasteiger partial charge on any atom is 0.414 e. The number of aliphatic hydroxyl groups excluding tert-OH is 1. The second-order valence-corrected chi connectivity index (χ2v) is 4.77. The van der Waals surface area contributed by atoms with Crippen molar-refractivity contribution in [3.63, 3.8) is 0 Å². The molecule has 1 heterocycles. The first-order valence-corrected chi connectivity index (χ1v) is 7.10. The molecule has 8 nitrogen and oxygen atoms in total. The number of aliphatic hydroxyl groups is 1. The van der Waals surface area contributed by atoms with Crippen LogP contribution >= 0.6 is 0 Å². The minimum absolute atomic E-state index is 0.103. The highest BCUT2D eigenvalue weighted by atomic mass is 16.5. The van der Waals surface area contributed by atoms with Gasteiger partial charge in [-0.1, -0.05) is 30.3 Å². The molecule has 2 rings (SSSR count). The Morgan fingerprint density at radius 2 is 1.91 bits per heavy atom. The van der Waals surface area contributed by atoms with E-state index in [9.17, 15) is 5.11 Å². The molecule has 1 saturated heterocycles. The minimum atomic E-state index is -1.82. The Kier molecular flexibility index (Phi) is 8.85. The van der Waals surface area contributed by atoms with Crippen LogP contribution in [-0.2, 0) is 19.1 Å². The van der Waals surface area contributed by atoms with Gasteiger partial charge in [0, 0.05) is 13.1 Å². The molecule has 0 aliphatic carbocycles. The molecule has 0 bridgehead atoms. The molecular weight excluding hydrogens is 306 g/mol. The second kappa shape index (κ2) is 10.7. The lowest BCUT2D eigenvalue weighted by atomic mass is 10.1. The Hall–Kier alpha value is -2.00. The molecule has 1 aliphatic rings. The monoisotopic (exact) mass is 327 g/mol. The summed E-state index contributed by atoms with van der Waals surface area (Å²) < 4.78 is 11.0. The van der Waals surface area contributed by atoms with E-state index in [-0.39, 0.29) is 6.10 Å². The van der Waals surface area contributed by atoms with Gasteiger partial charge in [0.25, 0.3) is 0 Å². The molecular formula is C15H21NO7. The van der Waals surface area contributed by atoms with Crippen LogP contribution in [0.1, 0.15) is 11.7 Å². The fourth-order valence-electron chi connectivity index (χ4n) is 1.81. The summed E-state index contributed by atoms with van der Waals surface area (Å²) in [7, 11) is 0. The molecule has 0 aromatic heterocycles. The fraction of sp³-hybridized carbons (Fsp3) is 0.467. The predicted octanol–water partition coefficient (Wildman–Crippen LogP) is -0.119. The summed E-state index contributed by atoms with van der Waals surface area (Å²) in [6.45, 7) is 3.29. The van der Waals surface area contributed by atoms with Crippen molar-refractivity contribution in [2.75, 3.05) is 32.9 Å². The van der Waals surface area contributed by atoms with Gasteiger partial charge in [0.2, 0.25) is 0 Å². The standard InChI is InChI=1S/C13H19NO3.C2H2O4/c15-13(11-4-2-1-3-5-11)10-16-9-12-8-14-6-7-17-12;3-1(4)2(5)6/h1-5,12-15H,6-10H2;(H,3,4)(H,5,6)/t12?,13-;/m1./s1. The van der Waals surface area contributed by atoms with E-state index < -0.39 is 18.0 Å². The number of carbonyl (C=O) groups is 2. The summed E-state index contributed by atoms with van der Waals surface area (Å²) in [5.41, 5.74) is 0.884. The van der Waals surface area contributed by atoms with Crippen molar-refractivity contribution in [1.82, 2.24) is 5.32 Å². The number of rotatable bonds is 5. The van der Waals surface area contributed by atoms with Crippen molar-refractivity contribution in [1.29, 1.82) is 0 Å². The highest BCUT2D eigenvalue weighted by Crippen LogP contribution is 2.12. The van der Waals surface area contributed by atoms with Gasteiger partial charge in [-0.25, -0.2) is 9.59 Å². The third-order valence-corrected chi connectivity index (χ3v) is 2.95. The fourth-order valence-corrected chi connectivity index (χ4v) is 1.81. The van der Waals surface area contributed by atoms with Crippen LogP contribution in [0.25, 0.3) is 0 Å². The van der Waals surface area contributed by atoms with E-state index >= 15 is 0 Å². The van der Waals surface area contributed by atoms with Crippen LogP contribution in [0.3, 0.4) is 0 Å². The summed E-state index contributed by atoms with van der Waals surface area (Å²) in [5.74, 6) is -3.65. The van der Waals surface area contributed by atoms with Gasteiger partial charge in [0.1, 0.15) is 6.10 Å². The smallest absolute Gasteiger partial charge is 0.414 e. The molecule has 0 amide bonds. The molecule has 0 spiro atoms. The first-order chi connectivity index (χ1) is 11.0. The quantitative estimate of drug-likeness (QED) is 0.552. The van der Waals surface area contributed by atoms with E-state index in [0.717, 1.165) is 25.3 Å².